The molecule has 1 N–H and O–H groups in total. The minimum Gasteiger partial charge on any atom is -0.496 e. The van der Waals surface area contributed by atoms with Crippen LogP contribution in [0.25, 0.3) is 10.9 Å². The van der Waals surface area contributed by atoms with Crippen molar-refractivity contribution in [2.24, 2.45) is 0 Å². The molecule has 1 aromatic heterocycles. The van der Waals surface area contributed by atoms with E-state index in [1.165, 1.54) is 0 Å². The van der Waals surface area contributed by atoms with Crippen LogP contribution in [0.1, 0.15) is 28.6 Å². The maximum Gasteiger partial charge on any atom is 0.255 e. The molecule has 1 fully saturated rings. The number of nitrogens with zero attached hydrogens (tertiary/aromatic N) is 2. The molecule has 0 bridgehead atoms. The number of hydrogen-bond donors (Lipinski definition) is 1. The average Bonchev–Trinajstić information content (AvgIpc) is 3.07. The fourth-order valence-corrected chi connectivity index (χ4v) is 3.51. The number of methoxy groups -OCH3 is 1. The van der Waals surface area contributed by atoms with Crippen LogP contribution in [0.2, 0.25) is 0 Å². The molecule has 30 heavy (non-hydrogen) atoms. The second kappa shape index (κ2) is 8.92. The zero-order valence-electron chi connectivity index (χ0n) is 16.8. The number of amides is 2. The van der Waals surface area contributed by atoms with Crippen molar-refractivity contribution in [3.63, 3.8) is 0 Å². The van der Waals surface area contributed by atoms with Crippen molar-refractivity contribution < 1.29 is 20.5 Å². The van der Waals surface area contributed by atoms with Gasteiger partial charge < -0.3 is 19.7 Å². The van der Waals surface area contributed by atoms with Gasteiger partial charge in [0, 0.05) is 49.5 Å². The number of anilines is 1. The highest BCUT2D eigenvalue weighted by atomic mass is 16.5. The summed E-state index contributed by atoms with van der Waals surface area (Å²) in [7, 11) is 1.60. The van der Waals surface area contributed by atoms with E-state index in [1.54, 1.807) is 60.7 Å². The van der Waals surface area contributed by atoms with Gasteiger partial charge in [0.2, 0.25) is 0 Å². The van der Waals surface area contributed by atoms with E-state index in [2.05, 4.69) is 10.3 Å². The van der Waals surface area contributed by atoms with E-state index in [0.29, 0.717) is 54.4 Å². The molecule has 156 valence electrons. The van der Waals surface area contributed by atoms with Gasteiger partial charge in [-0.05, 0) is 48.9 Å². The predicted octanol–water partition coefficient (Wildman–Crippen LogP) is 3.60. The quantitative estimate of drug-likeness (QED) is 0.715. The monoisotopic (exact) mass is 407 g/mol. The Balaban J connectivity index is 0.00000272. The summed E-state index contributed by atoms with van der Waals surface area (Å²) in [5, 5.41) is 3.71. The normalized spacial score (nSPS) is 14.2. The summed E-state index contributed by atoms with van der Waals surface area (Å²) in [5.41, 5.74) is 2.26. The lowest BCUT2D eigenvalue weighted by molar-refractivity contribution is 0.0741. The number of pyridine rings is 1. The van der Waals surface area contributed by atoms with E-state index < -0.39 is 0 Å². The summed E-state index contributed by atoms with van der Waals surface area (Å²) in [6.07, 6.45) is 2.47. The molecule has 1 aliphatic heterocycles. The minimum atomic E-state index is -0.269. The van der Waals surface area contributed by atoms with Gasteiger partial charge in [0.25, 0.3) is 11.8 Å². The van der Waals surface area contributed by atoms with Crippen molar-refractivity contribution in [3.8, 4) is 5.75 Å². The third-order valence-electron chi connectivity index (χ3n) is 5.06. The van der Waals surface area contributed by atoms with Gasteiger partial charge in [-0.3, -0.25) is 14.6 Å². The topological polar surface area (TPSA) is 80.8 Å². The highest BCUT2D eigenvalue weighted by molar-refractivity contribution is 6.07. The lowest BCUT2D eigenvalue weighted by Crippen LogP contribution is -2.33. The number of aromatic nitrogens is 1. The second-order valence-electron chi connectivity index (χ2n) is 7.04. The van der Waals surface area contributed by atoms with Crippen LogP contribution < -0.4 is 10.1 Å². The zero-order valence-corrected chi connectivity index (χ0v) is 16.8. The summed E-state index contributed by atoms with van der Waals surface area (Å²) < 4.78 is 10.7. The van der Waals surface area contributed by atoms with Crippen LogP contribution in [-0.2, 0) is 4.74 Å². The molecular weight excluding hydrogens is 382 g/mol. The molecule has 1 aliphatic rings. The maximum absolute atomic E-state index is 12.8. The average molecular weight is 407 g/mol. The molecule has 1 saturated heterocycles. The Morgan fingerprint density at radius 3 is 2.87 bits per heavy atom. The molecule has 0 atom stereocenters. The number of carbonyl (C=O) groups is 2. The van der Waals surface area contributed by atoms with E-state index >= 15 is 0 Å². The lowest BCUT2D eigenvalue weighted by atomic mass is 10.1. The molecule has 2 heterocycles. The molecule has 4 rings (SSSR count). The van der Waals surface area contributed by atoms with E-state index in [4.69, 9.17) is 9.47 Å². The Labute approximate surface area is 176 Å². The molecule has 3 aromatic rings. The minimum absolute atomic E-state index is 0. The van der Waals surface area contributed by atoms with Crippen molar-refractivity contribution in [1.29, 1.82) is 0 Å². The van der Waals surface area contributed by atoms with Crippen LogP contribution in [-0.4, -0.2) is 55.1 Å². The van der Waals surface area contributed by atoms with Crippen LogP contribution in [0.3, 0.4) is 0 Å². The number of carbonyl (C=O) groups excluding carboxylic acids is 2. The van der Waals surface area contributed by atoms with Crippen molar-refractivity contribution in [3.05, 3.63) is 65.9 Å². The summed E-state index contributed by atoms with van der Waals surface area (Å²) in [4.78, 5) is 31.7. The Morgan fingerprint density at radius 2 is 2.00 bits per heavy atom. The third-order valence-corrected chi connectivity index (χ3v) is 5.06. The SMILES string of the molecule is COc1ccnc2cc(C(=O)Nc3cccc(C(=O)N4CCCOCC4)c3)ccc12.[HH]. The molecular formula is C23H25N3O4. The van der Waals surface area contributed by atoms with Gasteiger partial charge in [0.1, 0.15) is 5.75 Å². The van der Waals surface area contributed by atoms with Gasteiger partial charge in [0.05, 0.1) is 19.2 Å². The smallest absolute Gasteiger partial charge is 0.255 e. The highest BCUT2D eigenvalue weighted by Gasteiger charge is 2.18. The van der Waals surface area contributed by atoms with Crippen LogP contribution in [0, 0.1) is 0 Å². The maximum atomic E-state index is 12.8. The van der Waals surface area contributed by atoms with Gasteiger partial charge in [-0.15, -0.1) is 0 Å². The number of hydrogen-bond acceptors (Lipinski definition) is 5. The Morgan fingerprint density at radius 1 is 1.10 bits per heavy atom. The summed E-state index contributed by atoms with van der Waals surface area (Å²) in [6.45, 7) is 2.46. The predicted molar refractivity (Wildman–Crippen MR) is 116 cm³/mol. The molecule has 0 aliphatic carbocycles. The van der Waals surface area contributed by atoms with E-state index in [9.17, 15) is 9.59 Å². The fourth-order valence-electron chi connectivity index (χ4n) is 3.51. The van der Waals surface area contributed by atoms with Gasteiger partial charge in [-0.25, -0.2) is 0 Å². The highest BCUT2D eigenvalue weighted by Crippen LogP contribution is 2.24. The first-order valence-corrected chi connectivity index (χ1v) is 9.87. The molecule has 0 saturated carbocycles. The van der Waals surface area contributed by atoms with E-state index in [0.717, 1.165) is 11.8 Å². The molecule has 0 spiro atoms. The lowest BCUT2D eigenvalue weighted by Gasteiger charge is -2.20. The van der Waals surface area contributed by atoms with E-state index in [-0.39, 0.29) is 13.2 Å². The molecule has 2 aromatic carbocycles. The first kappa shape index (κ1) is 19.8. The number of fused-ring (bicyclic) bond motifs is 1. The first-order chi connectivity index (χ1) is 14.7. The van der Waals surface area contributed by atoms with Crippen LogP contribution >= 0.6 is 0 Å². The Bertz CT molecular complexity index is 1080. The van der Waals surface area contributed by atoms with Gasteiger partial charge in [0.15, 0.2) is 0 Å². The number of nitrogens with one attached hydrogen (secondary N) is 1. The molecule has 0 radical (unpaired) electrons. The molecule has 7 heteroatoms. The van der Waals surface area contributed by atoms with Gasteiger partial charge in [-0.1, -0.05) is 6.07 Å². The first-order valence-electron chi connectivity index (χ1n) is 9.87. The summed E-state index contributed by atoms with van der Waals surface area (Å²) in [6, 6.07) is 14.0. The van der Waals surface area contributed by atoms with Crippen LogP contribution in [0.5, 0.6) is 5.75 Å². The summed E-state index contributed by atoms with van der Waals surface area (Å²) in [5.74, 6) is 0.380. The van der Waals surface area contributed by atoms with Crippen molar-refractivity contribution in [2.75, 3.05) is 38.7 Å². The standard InChI is InChI=1S/C23H23N3O4.H2/c1-29-21-8-9-24-20-15-16(6-7-19(20)21)22(27)25-18-5-2-4-17(14-18)23(28)26-10-3-12-30-13-11-26;/h2,4-9,14-15H,3,10-13H2,1H3,(H,25,27);1H. The fraction of sp³-hybridized carbons (Fsp3) is 0.261. The zero-order chi connectivity index (χ0) is 20.9. The van der Waals surface area contributed by atoms with Crippen LogP contribution in [0.4, 0.5) is 5.69 Å². The largest absolute Gasteiger partial charge is 0.496 e. The second-order valence-corrected chi connectivity index (χ2v) is 7.04. The summed E-state index contributed by atoms with van der Waals surface area (Å²) >= 11 is 0. The molecule has 2 amide bonds. The van der Waals surface area contributed by atoms with Crippen LogP contribution in [0.15, 0.2) is 54.7 Å². The molecule has 7 nitrogen and oxygen atoms in total. The Kier molecular flexibility index (Phi) is 5.90. The number of ether oxygens (including phenoxy) is 2. The number of rotatable bonds is 4. The van der Waals surface area contributed by atoms with Gasteiger partial charge in [-0.2, -0.15) is 0 Å². The molecule has 0 unspecified atom stereocenters. The third kappa shape index (κ3) is 4.26. The van der Waals surface area contributed by atoms with E-state index in [1.807, 2.05) is 6.07 Å². The van der Waals surface area contributed by atoms with Crippen molar-refractivity contribution in [1.82, 2.24) is 9.88 Å². The van der Waals surface area contributed by atoms with Crippen molar-refractivity contribution >= 4 is 28.4 Å². The Hall–Kier alpha value is -3.45. The van der Waals surface area contributed by atoms with Gasteiger partial charge >= 0.3 is 0 Å². The van der Waals surface area contributed by atoms with Crippen molar-refractivity contribution in [2.45, 2.75) is 6.42 Å². The number of benzene rings is 2.